The molecule has 2 amide bonds. The van der Waals surface area contributed by atoms with E-state index in [0.717, 1.165) is 81.0 Å². The number of fused-ring (bicyclic) bond motifs is 1. The summed E-state index contributed by atoms with van der Waals surface area (Å²) < 4.78 is 1.91. The van der Waals surface area contributed by atoms with Crippen LogP contribution in [0.15, 0.2) is 17.9 Å². The van der Waals surface area contributed by atoms with E-state index in [2.05, 4.69) is 69.8 Å². The first-order valence-corrected chi connectivity index (χ1v) is 15.9. The first kappa shape index (κ1) is 28.7. The maximum Gasteiger partial charge on any atom is 0.320 e. The smallest absolute Gasteiger partial charge is 0.320 e. The molecule has 3 aromatic rings. The molecule has 2 aliphatic heterocycles. The number of urea groups is 1. The summed E-state index contributed by atoms with van der Waals surface area (Å²) in [6, 6.07) is 1.30. The molecule has 2 fully saturated rings. The topological polar surface area (TPSA) is 86.5 Å². The van der Waals surface area contributed by atoms with Gasteiger partial charge in [-0.05, 0) is 59.3 Å². The second-order valence-electron chi connectivity index (χ2n) is 11.8. The van der Waals surface area contributed by atoms with Crippen LogP contribution < -0.4 is 4.90 Å². The van der Waals surface area contributed by atoms with Crippen LogP contribution in [0.25, 0.3) is 11.0 Å². The Morgan fingerprint density at radius 2 is 1.73 bits per heavy atom. The third kappa shape index (κ3) is 6.40. The fraction of sp³-hybridized carbons (Fsp3) is 0.690. The summed E-state index contributed by atoms with van der Waals surface area (Å²) in [5.74, 6) is 1.56. The summed E-state index contributed by atoms with van der Waals surface area (Å²) in [7, 11) is 0. The highest BCUT2D eigenvalue weighted by atomic mass is 32.1. The summed E-state index contributed by atoms with van der Waals surface area (Å²) in [5.41, 5.74) is 1.84. The van der Waals surface area contributed by atoms with Gasteiger partial charge < -0.3 is 14.7 Å². The largest absolute Gasteiger partial charge is 0.352 e. The minimum atomic E-state index is 0.189. The molecule has 0 aromatic carbocycles. The van der Waals surface area contributed by atoms with Gasteiger partial charge in [-0.1, -0.05) is 6.92 Å². The maximum absolute atomic E-state index is 13.4. The van der Waals surface area contributed by atoms with Crippen molar-refractivity contribution in [1.82, 2.24) is 39.4 Å². The Kier molecular flexibility index (Phi) is 9.20. The average molecular weight is 568 g/mol. The van der Waals surface area contributed by atoms with Gasteiger partial charge in [0.15, 0.2) is 5.65 Å². The molecule has 218 valence electrons. The molecule has 5 rings (SSSR count). The van der Waals surface area contributed by atoms with E-state index >= 15 is 0 Å². The van der Waals surface area contributed by atoms with Gasteiger partial charge in [-0.2, -0.15) is 5.10 Å². The second kappa shape index (κ2) is 12.8. The Labute approximate surface area is 242 Å². The highest BCUT2D eigenvalue weighted by Gasteiger charge is 2.30. The van der Waals surface area contributed by atoms with Crippen molar-refractivity contribution in [3.8, 4) is 0 Å². The molecule has 0 aliphatic carbocycles. The summed E-state index contributed by atoms with van der Waals surface area (Å²) >= 11 is 1.71. The molecule has 2 saturated heterocycles. The molecule has 2 aliphatic rings. The van der Waals surface area contributed by atoms with E-state index < -0.39 is 0 Å². The van der Waals surface area contributed by atoms with Crippen LogP contribution in [0.2, 0.25) is 0 Å². The Morgan fingerprint density at radius 3 is 2.40 bits per heavy atom. The van der Waals surface area contributed by atoms with Gasteiger partial charge in [0.05, 0.1) is 28.8 Å². The minimum absolute atomic E-state index is 0.189. The van der Waals surface area contributed by atoms with Gasteiger partial charge in [-0.25, -0.2) is 24.4 Å². The van der Waals surface area contributed by atoms with Crippen LogP contribution in [-0.4, -0.2) is 103 Å². The van der Waals surface area contributed by atoms with Gasteiger partial charge >= 0.3 is 6.03 Å². The summed E-state index contributed by atoms with van der Waals surface area (Å²) in [6.45, 7) is 17.7. The predicted octanol–water partition coefficient (Wildman–Crippen LogP) is 4.36. The van der Waals surface area contributed by atoms with Crippen LogP contribution in [0.5, 0.6) is 0 Å². The number of amides is 2. The van der Waals surface area contributed by atoms with E-state index in [-0.39, 0.29) is 6.03 Å². The molecule has 0 spiro atoms. The number of rotatable bonds is 9. The monoisotopic (exact) mass is 567 g/mol. The quantitative estimate of drug-likeness (QED) is 0.380. The van der Waals surface area contributed by atoms with E-state index in [0.29, 0.717) is 37.6 Å². The second-order valence-corrected chi connectivity index (χ2v) is 12.7. The Morgan fingerprint density at radius 1 is 1.02 bits per heavy atom. The van der Waals surface area contributed by atoms with E-state index in [1.165, 1.54) is 5.01 Å². The van der Waals surface area contributed by atoms with Crippen LogP contribution in [0.4, 0.5) is 10.6 Å². The number of hydrogen-bond acceptors (Lipinski definition) is 8. The molecule has 40 heavy (non-hydrogen) atoms. The van der Waals surface area contributed by atoms with Gasteiger partial charge in [-0.3, -0.25) is 4.90 Å². The highest BCUT2D eigenvalue weighted by Crippen LogP contribution is 2.26. The van der Waals surface area contributed by atoms with Crippen molar-refractivity contribution in [2.75, 3.05) is 50.7 Å². The number of aromatic nitrogens is 5. The van der Waals surface area contributed by atoms with Crippen molar-refractivity contribution >= 4 is 34.2 Å². The number of nitrogens with zero attached hydrogens (tertiary/aromatic N) is 9. The van der Waals surface area contributed by atoms with Crippen LogP contribution >= 0.6 is 11.3 Å². The van der Waals surface area contributed by atoms with Crippen molar-refractivity contribution in [2.45, 2.75) is 78.9 Å². The highest BCUT2D eigenvalue weighted by molar-refractivity contribution is 7.09. The standard InChI is InChI=1S/C29H45N9OS/c1-6-7-26-33-24(19-40-26)18-38-28-25(16-32-38)27(30-20-31-28)34-12-14-36(15-13-34)29(39)35-10-8-23(9-11-35)17-37(21(2)3)22(4)5/h16,19-23H,6-15,17-18H2,1-5H3. The lowest BCUT2D eigenvalue weighted by Crippen LogP contribution is -2.54. The molecule has 3 aromatic heterocycles. The average Bonchev–Trinajstić information content (AvgIpc) is 3.58. The van der Waals surface area contributed by atoms with Crippen molar-refractivity contribution in [1.29, 1.82) is 0 Å². The predicted molar refractivity (Wildman–Crippen MR) is 161 cm³/mol. The van der Waals surface area contributed by atoms with Crippen molar-refractivity contribution in [3.05, 3.63) is 28.6 Å². The number of piperidine rings is 1. The van der Waals surface area contributed by atoms with Gasteiger partial charge in [0.25, 0.3) is 0 Å². The minimum Gasteiger partial charge on any atom is -0.352 e. The van der Waals surface area contributed by atoms with Gasteiger partial charge in [-0.15, -0.1) is 11.3 Å². The van der Waals surface area contributed by atoms with Crippen molar-refractivity contribution < 1.29 is 4.79 Å². The summed E-state index contributed by atoms with van der Waals surface area (Å²) in [4.78, 5) is 36.2. The third-order valence-electron chi connectivity index (χ3n) is 8.32. The Bertz CT molecular complexity index is 1250. The number of likely N-dealkylation sites (tertiary alicyclic amines) is 1. The number of thiazole rings is 1. The molecular formula is C29H45N9OS. The number of anilines is 1. The van der Waals surface area contributed by atoms with E-state index in [4.69, 9.17) is 4.98 Å². The van der Waals surface area contributed by atoms with E-state index in [9.17, 15) is 4.79 Å². The molecular weight excluding hydrogens is 522 g/mol. The van der Waals surface area contributed by atoms with Crippen LogP contribution in [0.1, 0.15) is 64.6 Å². The van der Waals surface area contributed by atoms with Crippen LogP contribution in [0.3, 0.4) is 0 Å². The van der Waals surface area contributed by atoms with Gasteiger partial charge in [0, 0.05) is 63.3 Å². The fourth-order valence-corrected chi connectivity index (χ4v) is 6.98. The van der Waals surface area contributed by atoms with Crippen molar-refractivity contribution in [3.63, 3.8) is 0 Å². The van der Waals surface area contributed by atoms with Gasteiger partial charge in [0.2, 0.25) is 0 Å². The molecule has 11 heteroatoms. The number of carbonyl (C=O) groups is 1. The van der Waals surface area contributed by atoms with E-state index in [1.54, 1.807) is 17.7 Å². The van der Waals surface area contributed by atoms with Crippen molar-refractivity contribution in [2.24, 2.45) is 5.92 Å². The number of hydrogen-bond donors (Lipinski definition) is 0. The van der Waals surface area contributed by atoms with Crippen LogP contribution in [-0.2, 0) is 13.0 Å². The Hall–Kier alpha value is -2.79. The zero-order chi connectivity index (χ0) is 28.2. The lowest BCUT2D eigenvalue weighted by molar-refractivity contribution is 0.0987. The molecule has 10 nitrogen and oxygen atoms in total. The van der Waals surface area contributed by atoms with E-state index in [1.807, 2.05) is 15.8 Å². The number of aryl methyl sites for hydroxylation is 1. The molecule has 0 unspecified atom stereocenters. The lowest BCUT2D eigenvalue weighted by Gasteiger charge is -2.41. The molecule has 0 N–H and O–H groups in total. The molecule has 0 saturated carbocycles. The molecule has 5 heterocycles. The number of piperazine rings is 1. The molecule has 0 radical (unpaired) electrons. The zero-order valence-electron chi connectivity index (χ0n) is 24.8. The lowest BCUT2D eigenvalue weighted by atomic mass is 9.95. The normalized spacial score (nSPS) is 17.2. The zero-order valence-corrected chi connectivity index (χ0v) is 25.6. The number of carbonyl (C=O) groups excluding carboxylic acids is 1. The summed E-state index contributed by atoms with van der Waals surface area (Å²) in [6.07, 6.45) is 7.78. The van der Waals surface area contributed by atoms with Gasteiger partial charge in [0.1, 0.15) is 12.1 Å². The Balaban J connectivity index is 1.15. The first-order chi connectivity index (χ1) is 19.3. The maximum atomic E-state index is 13.4. The molecule has 0 bridgehead atoms. The SMILES string of the molecule is CCCc1nc(Cn2ncc3c(N4CCN(C(=O)N5CCC(CN(C(C)C)C(C)C)CC5)CC4)ncnc32)cs1. The summed E-state index contributed by atoms with van der Waals surface area (Å²) in [5, 5.41) is 8.86. The molecule has 0 atom stereocenters. The third-order valence-corrected chi connectivity index (χ3v) is 9.28. The first-order valence-electron chi connectivity index (χ1n) is 15.0. The fourth-order valence-electron chi connectivity index (χ4n) is 6.08. The van der Waals surface area contributed by atoms with Crippen LogP contribution in [0, 0.1) is 5.92 Å².